The summed E-state index contributed by atoms with van der Waals surface area (Å²) in [6.45, 7) is 0. The van der Waals surface area contributed by atoms with Crippen LogP contribution in [0, 0.1) is 0 Å². The first-order chi connectivity index (χ1) is 16.2. The van der Waals surface area contributed by atoms with Crippen LogP contribution in [-0.2, 0) is 0 Å². The zero-order chi connectivity index (χ0) is 22.6. The van der Waals surface area contributed by atoms with Crippen molar-refractivity contribution >= 4 is 23.1 Å². The maximum absolute atomic E-state index is 6.63. The molecule has 5 rings (SSSR count). The minimum absolute atomic E-state index is 0.864. The number of allylic oxidation sites excluding steroid dienone is 3. The lowest BCUT2D eigenvalue weighted by Crippen LogP contribution is -1.94. The van der Waals surface area contributed by atoms with Crippen LogP contribution in [0.15, 0.2) is 114 Å². The molecule has 1 heterocycles. The van der Waals surface area contributed by atoms with E-state index in [-0.39, 0.29) is 0 Å². The maximum atomic E-state index is 6.63. The fourth-order valence-corrected chi connectivity index (χ4v) is 4.22. The van der Waals surface area contributed by atoms with E-state index in [4.69, 9.17) is 4.42 Å². The summed E-state index contributed by atoms with van der Waals surface area (Å²) in [5.74, 6) is 1.78. The summed E-state index contributed by atoms with van der Waals surface area (Å²) in [7, 11) is 4.03. The zero-order valence-electron chi connectivity index (χ0n) is 18.9. The van der Waals surface area contributed by atoms with Crippen LogP contribution in [0.25, 0.3) is 50.6 Å². The number of benzene rings is 3. The van der Waals surface area contributed by atoms with Gasteiger partial charge in [-0.05, 0) is 28.0 Å². The van der Waals surface area contributed by atoms with Gasteiger partial charge >= 0.3 is 0 Å². The van der Waals surface area contributed by atoms with E-state index in [1.54, 1.807) is 0 Å². The summed E-state index contributed by atoms with van der Waals surface area (Å²) in [5, 5.41) is 2.40. The minimum Gasteiger partial charge on any atom is -0.455 e. The molecule has 2 heteroatoms. The van der Waals surface area contributed by atoms with Crippen LogP contribution in [0.1, 0.15) is 5.56 Å². The van der Waals surface area contributed by atoms with Gasteiger partial charge in [-0.25, -0.2) is 4.58 Å². The molecule has 0 unspecified atom stereocenters. The molecule has 0 bridgehead atoms. The number of hydrogen-bond acceptors (Lipinski definition) is 1. The van der Waals surface area contributed by atoms with Crippen LogP contribution >= 0.6 is 0 Å². The van der Waals surface area contributed by atoms with E-state index < -0.39 is 0 Å². The highest BCUT2D eigenvalue weighted by Gasteiger charge is 2.24. The van der Waals surface area contributed by atoms with Crippen LogP contribution in [-0.4, -0.2) is 24.9 Å². The predicted molar refractivity (Wildman–Crippen MR) is 140 cm³/mol. The molecule has 2 aliphatic rings. The highest BCUT2D eigenvalue weighted by atomic mass is 16.3. The van der Waals surface area contributed by atoms with Crippen molar-refractivity contribution in [1.82, 2.24) is 0 Å². The second-order valence-electron chi connectivity index (χ2n) is 8.28. The Kier molecular flexibility index (Phi) is 5.73. The van der Waals surface area contributed by atoms with Gasteiger partial charge in [0.2, 0.25) is 0 Å². The highest BCUT2D eigenvalue weighted by Crippen LogP contribution is 2.47. The van der Waals surface area contributed by atoms with Crippen LogP contribution < -0.4 is 0 Å². The van der Waals surface area contributed by atoms with Gasteiger partial charge in [0.05, 0.1) is 0 Å². The fourth-order valence-electron chi connectivity index (χ4n) is 4.22. The van der Waals surface area contributed by atoms with Crippen molar-refractivity contribution in [2.45, 2.75) is 0 Å². The van der Waals surface area contributed by atoms with Crippen molar-refractivity contribution < 1.29 is 8.99 Å². The van der Waals surface area contributed by atoms with Gasteiger partial charge < -0.3 is 4.42 Å². The molecule has 33 heavy (non-hydrogen) atoms. The molecule has 0 fully saturated rings. The average Bonchev–Trinajstić information content (AvgIpc) is 3.18. The molecule has 0 N–H and O–H groups in total. The summed E-state index contributed by atoms with van der Waals surface area (Å²) in [6.07, 6.45) is 10.3. The number of nitrogens with zero attached hydrogens (tertiary/aromatic N) is 1. The van der Waals surface area contributed by atoms with E-state index >= 15 is 0 Å². The van der Waals surface area contributed by atoms with Crippen molar-refractivity contribution in [1.29, 1.82) is 0 Å². The Labute approximate surface area is 194 Å². The van der Waals surface area contributed by atoms with E-state index in [1.807, 2.05) is 55.2 Å². The maximum Gasteiger partial charge on any atom is 0.162 e. The lowest BCUT2D eigenvalue weighted by Gasteiger charge is -2.13. The van der Waals surface area contributed by atoms with Gasteiger partial charge in [-0.2, -0.15) is 0 Å². The van der Waals surface area contributed by atoms with Gasteiger partial charge in [-0.15, -0.1) is 0 Å². The summed E-state index contributed by atoms with van der Waals surface area (Å²) in [4.78, 5) is 0. The molecule has 3 aromatic rings. The van der Waals surface area contributed by atoms with Crippen LogP contribution in [0.4, 0.5) is 0 Å². The van der Waals surface area contributed by atoms with Crippen molar-refractivity contribution in [3.05, 3.63) is 115 Å². The molecule has 0 saturated heterocycles. The molecule has 3 aromatic carbocycles. The monoisotopic (exact) mass is 428 g/mol. The van der Waals surface area contributed by atoms with Crippen molar-refractivity contribution in [3.8, 4) is 33.8 Å². The third-order valence-corrected chi connectivity index (χ3v) is 5.73. The molecule has 0 atom stereocenters. The third-order valence-electron chi connectivity index (χ3n) is 5.73. The van der Waals surface area contributed by atoms with Crippen LogP contribution in [0.5, 0.6) is 0 Å². The standard InChI is InChI=1S/C31H26NO/c1-32(2)21-13-5-10-20-27-25-18-11-12-19-26(25)30-28(23-14-6-3-7-15-23)22-29(33-31(27)30)24-16-8-4-9-17-24/h3-22H,1-2H3/q+1/b13-5+,20-10+. The Morgan fingerprint density at radius 1 is 0.667 bits per heavy atom. The number of rotatable bonds is 5. The van der Waals surface area contributed by atoms with E-state index in [2.05, 4.69) is 84.9 Å². The van der Waals surface area contributed by atoms with Crippen molar-refractivity contribution in [2.24, 2.45) is 0 Å². The van der Waals surface area contributed by atoms with Gasteiger partial charge in [0, 0.05) is 22.8 Å². The Morgan fingerprint density at radius 2 is 1.30 bits per heavy atom. The molecular formula is C31H26NO+. The molecule has 0 aromatic heterocycles. The Bertz CT molecular complexity index is 1450. The van der Waals surface area contributed by atoms with Crippen LogP contribution in [0.3, 0.4) is 0 Å². The number of fused-ring (bicyclic) bond motifs is 3. The molecule has 0 spiro atoms. The Hall–Kier alpha value is -4.17. The van der Waals surface area contributed by atoms with Gasteiger partial charge in [0.25, 0.3) is 0 Å². The topological polar surface area (TPSA) is 16.1 Å². The van der Waals surface area contributed by atoms with E-state index in [1.165, 1.54) is 21.9 Å². The van der Waals surface area contributed by atoms with Gasteiger partial charge in [-0.3, -0.25) is 0 Å². The fraction of sp³-hybridized carbons (Fsp3) is 0.0645. The predicted octanol–water partition coefficient (Wildman–Crippen LogP) is 7.78. The lowest BCUT2D eigenvalue weighted by atomic mass is 9.96. The molecule has 0 saturated carbocycles. The van der Waals surface area contributed by atoms with E-state index in [0.29, 0.717) is 0 Å². The molecule has 0 amide bonds. The first kappa shape index (κ1) is 20.7. The summed E-state index contributed by atoms with van der Waals surface area (Å²) >= 11 is 0. The smallest absolute Gasteiger partial charge is 0.162 e. The van der Waals surface area contributed by atoms with Gasteiger partial charge in [-0.1, -0.05) is 103 Å². The van der Waals surface area contributed by atoms with E-state index in [9.17, 15) is 0 Å². The lowest BCUT2D eigenvalue weighted by molar-refractivity contribution is -0.458. The molecular weight excluding hydrogens is 402 g/mol. The quantitative estimate of drug-likeness (QED) is 0.159. The molecule has 2 nitrogen and oxygen atoms in total. The number of hydrogen-bond donors (Lipinski definition) is 0. The molecule has 1 aliphatic heterocycles. The SMILES string of the molecule is C[N+](C)=C/C=C/C=C/c1c2oc(-c3ccccc3)cc(-c3ccccc3)c-2c2ccccc12. The summed E-state index contributed by atoms with van der Waals surface area (Å²) in [5.41, 5.74) is 5.69. The molecule has 1 aliphatic carbocycles. The van der Waals surface area contributed by atoms with Crippen molar-refractivity contribution in [3.63, 3.8) is 0 Å². The van der Waals surface area contributed by atoms with E-state index in [0.717, 1.165) is 28.2 Å². The summed E-state index contributed by atoms with van der Waals surface area (Å²) < 4.78 is 8.65. The second-order valence-corrected chi connectivity index (χ2v) is 8.28. The second kappa shape index (κ2) is 9.13. The Morgan fingerprint density at radius 3 is 2.00 bits per heavy atom. The zero-order valence-corrected chi connectivity index (χ0v) is 18.9. The first-order valence-corrected chi connectivity index (χ1v) is 11.2. The van der Waals surface area contributed by atoms with Gasteiger partial charge in [0.15, 0.2) is 6.21 Å². The molecule has 160 valence electrons. The first-order valence-electron chi connectivity index (χ1n) is 11.2. The third kappa shape index (κ3) is 4.16. The van der Waals surface area contributed by atoms with Crippen LogP contribution in [0.2, 0.25) is 0 Å². The summed E-state index contributed by atoms with van der Waals surface area (Å²) in [6, 6.07) is 31.6. The minimum atomic E-state index is 0.864. The largest absolute Gasteiger partial charge is 0.455 e. The van der Waals surface area contributed by atoms with Gasteiger partial charge in [0.1, 0.15) is 25.6 Å². The Balaban J connectivity index is 1.79. The van der Waals surface area contributed by atoms with Crippen molar-refractivity contribution in [2.75, 3.05) is 14.1 Å². The average molecular weight is 429 g/mol. The highest BCUT2D eigenvalue weighted by molar-refractivity contribution is 6.12. The molecule has 0 radical (unpaired) electrons. The normalized spacial score (nSPS) is 11.7.